The molecule has 0 spiro atoms. The van der Waals surface area contributed by atoms with E-state index in [0.717, 1.165) is 11.3 Å². The number of benzene rings is 1. The summed E-state index contributed by atoms with van der Waals surface area (Å²) in [5.74, 6) is -0.477. The van der Waals surface area contributed by atoms with E-state index in [1.807, 2.05) is 24.3 Å². The molecule has 1 aromatic carbocycles. The van der Waals surface area contributed by atoms with E-state index in [-0.39, 0.29) is 12.6 Å². The molecule has 0 saturated heterocycles. The van der Waals surface area contributed by atoms with Crippen LogP contribution in [0.2, 0.25) is 0 Å². The minimum absolute atomic E-state index is 0.187. The van der Waals surface area contributed by atoms with E-state index >= 15 is 0 Å². The molecule has 5 nitrogen and oxygen atoms in total. The van der Waals surface area contributed by atoms with Gasteiger partial charge in [0.1, 0.15) is 0 Å². The second kappa shape index (κ2) is 8.56. The summed E-state index contributed by atoms with van der Waals surface area (Å²) in [5.41, 5.74) is 1.03. The third-order valence-corrected chi connectivity index (χ3v) is 3.85. The minimum atomic E-state index is -0.904. The molecule has 6 heteroatoms. The predicted octanol–water partition coefficient (Wildman–Crippen LogP) is 2.66. The topological polar surface area (TPSA) is 69.6 Å². The molecule has 0 saturated carbocycles. The van der Waals surface area contributed by atoms with Gasteiger partial charge in [0.05, 0.1) is 5.92 Å². The molecule has 21 heavy (non-hydrogen) atoms. The Morgan fingerprint density at radius 2 is 2.14 bits per heavy atom. The lowest BCUT2D eigenvalue weighted by Crippen LogP contribution is -2.40. The average Bonchev–Trinajstić information content (AvgIpc) is 2.45. The van der Waals surface area contributed by atoms with E-state index in [1.54, 1.807) is 25.7 Å². The van der Waals surface area contributed by atoms with Crippen LogP contribution in [0, 0.1) is 5.92 Å². The van der Waals surface area contributed by atoms with Crippen LogP contribution in [0.15, 0.2) is 29.2 Å². The molecule has 0 aromatic heterocycles. The van der Waals surface area contributed by atoms with Crippen molar-refractivity contribution in [1.29, 1.82) is 0 Å². The lowest BCUT2D eigenvalue weighted by atomic mass is 10.2. The fraction of sp³-hybridized carbons (Fsp3) is 0.467. The number of hydrogen-bond acceptors (Lipinski definition) is 3. The standard InChI is InChI=1S/C15H22N2O3S/c1-4-21-13-7-5-6-12(8-13)9-16-15(20)17(3)10-11(2)14(18)19/h5-8,11H,4,9-10H2,1-3H3,(H,16,20)(H,18,19). The highest BCUT2D eigenvalue weighted by atomic mass is 32.2. The number of carbonyl (C=O) groups is 2. The van der Waals surface area contributed by atoms with E-state index in [4.69, 9.17) is 5.11 Å². The molecule has 0 radical (unpaired) electrons. The maximum atomic E-state index is 11.9. The molecule has 1 aromatic rings. The van der Waals surface area contributed by atoms with Crippen molar-refractivity contribution < 1.29 is 14.7 Å². The summed E-state index contributed by atoms with van der Waals surface area (Å²) in [6, 6.07) is 7.75. The third-order valence-electron chi connectivity index (χ3n) is 2.97. The quantitative estimate of drug-likeness (QED) is 0.760. The van der Waals surface area contributed by atoms with Crippen LogP contribution in [0.5, 0.6) is 0 Å². The molecule has 0 aliphatic rings. The maximum absolute atomic E-state index is 11.9. The lowest BCUT2D eigenvalue weighted by Gasteiger charge is -2.20. The first-order valence-corrected chi connectivity index (χ1v) is 7.86. The maximum Gasteiger partial charge on any atom is 0.317 e. The van der Waals surface area contributed by atoms with Gasteiger partial charge in [0, 0.05) is 25.0 Å². The van der Waals surface area contributed by atoms with Crippen LogP contribution in [-0.4, -0.2) is 41.4 Å². The van der Waals surface area contributed by atoms with Crippen molar-refractivity contribution in [3.8, 4) is 0 Å². The molecule has 1 atom stereocenters. The molecular weight excluding hydrogens is 288 g/mol. The number of amides is 2. The Morgan fingerprint density at radius 1 is 1.43 bits per heavy atom. The molecule has 0 heterocycles. The monoisotopic (exact) mass is 310 g/mol. The molecule has 1 unspecified atom stereocenters. The van der Waals surface area contributed by atoms with Gasteiger partial charge in [-0.25, -0.2) is 4.79 Å². The molecule has 0 aliphatic carbocycles. The number of nitrogens with one attached hydrogen (secondary N) is 1. The molecule has 0 bridgehead atoms. The molecule has 0 aliphatic heterocycles. The van der Waals surface area contributed by atoms with E-state index in [2.05, 4.69) is 12.2 Å². The molecule has 2 N–H and O–H groups in total. The smallest absolute Gasteiger partial charge is 0.317 e. The van der Waals surface area contributed by atoms with Gasteiger partial charge in [-0.1, -0.05) is 26.0 Å². The Kier molecular flexibility index (Phi) is 7.08. The van der Waals surface area contributed by atoms with Gasteiger partial charge in [-0.2, -0.15) is 0 Å². The third kappa shape index (κ3) is 6.08. The van der Waals surface area contributed by atoms with Crippen molar-refractivity contribution in [3.05, 3.63) is 29.8 Å². The van der Waals surface area contributed by atoms with Crippen LogP contribution >= 0.6 is 11.8 Å². The number of rotatable bonds is 7. The van der Waals surface area contributed by atoms with Crippen molar-refractivity contribution in [1.82, 2.24) is 10.2 Å². The van der Waals surface area contributed by atoms with Crippen molar-refractivity contribution in [2.24, 2.45) is 5.92 Å². The first-order valence-electron chi connectivity index (χ1n) is 6.87. The summed E-state index contributed by atoms with van der Waals surface area (Å²) in [4.78, 5) is 25.2. The van der Waals surface area contributed by atoms with E-state index in [1.165, 1.54) is 9.80 Å². The Labute approximate surface area is 129 Å². The molecule has 1 rings (SSSR count). The summed E-state index contributed by atoms with van der Waals surface area (Å²) in [6.45, 7) is 4.30. The van der Waals surface area contributed by atoms with Crippen molar-refractivity contribution in [3.63, 3.8) is 0 Å². The van der Waals surface area contributed by atoms with Crippen LogP contribution in [0.1, 0.15) is 19.4 Å². The first kappa shape index (κ1) is 17.4. The van der Waals surface area contributed by atoms with Crippen LogP contribution < -0.4 is 5.32 Å². The van der Waals surface area contributed by atoms with Crippen molar-refractivity contribution >= 4 is 23.8 Å². The number of carbonyl (C=O) groups excluding carboxylic acids is 1. The second-order valence-corrected chi connectivity index (χ2v) is 6.20. The SMILES string of the molecule is CCSc1cccc(CNC(=O)N(C)CC(C)C(=O)O)c1. The van der Waals surface area contributed by atoms with Gasteiger partial charge in [-0.15, -0.1) is 11.8 Å². The largest absolute Gasteiger partial charge is 0.481 e. The number of carboxylic acids is 1. The zero-order valence-corrected chi connectivity index (χ0v) is 13.4. The molecule has 116 valence electrons. The Bertz CT molecular complexity index is 494. The lowest BCUT2D eigenvalue weighted by molar-refractivity contribution is -0.141. The van der Waals surface area contributed by atoms with E-state index < -0.39 is 11.9 Å². The van der Waals surface area contributed by atoms with Crippen LogP contribution in [0.4, 0.5) is 4.79 Å². The van der Waals surface area contributed by atoms with E-state index in [9.17, 15) is 9.59 Å². The van der Waals surface area contributed by atoms with Gasteiger partial charge < -0.3 is 15.3 Å². The summed E-state index contributed by atoms with van der Waals surface area (Å²) in [5, 5.41) is 11.6. The zero-order chi connectivity index (χ0) is 15.8. The van der Waals surface area contributed by atoms with Gasteiger partial charge in [0.15, 0.2) is 0 Å². The van der Waals surface area contributed by atoms with Gasteiger partial charge in [-0.3, -0.25) is 4.79 Å². The average molecular weight is 310 g/mol. The second-order valence-electron chi connectivity index (χ2n) is 4.86. The summed E-state index contributed by atoms with van der Waals surface area (Å²) in [7, 11) is 1.60. The summed E-state index contributed by atoms with van der Waals surface area (Å²) >= 11 is 1.75. The fourth-order valence-electron chi connectivity index (χ4n) is 1.80. The number of nitrogens with zero attached hydrogens (tertiary/aromatic N) is 1. The number of urea groups is 1. The van der Waals surface area contributed by atoms with Crippen LogP contribution in [0.3, 0.4) is 0 Å². The fourth-order valence-corrected chi connectivity index (χ4v) is 2.54. The van der Waals surface area contributed by atoms with Crippen LogP contribution in [0.25, 0.3) is 0 Å². The zero-order valence-electron chi connectivity index (χ0n) is 12.6. The predicted molar refractivity (Wildman–Crippen MR) is 84.5 cm³/mol. The van der Waals surface area contributed by atoms with Crippen LogP contribution in [-0.2, 0) is 11.3 Å². The Morgan fingerprint density at radius 3 is 2.76 bits per heavy atom. The Balaban J connectivity index is 2.48. The van der Waals surface area contributed by atoms with Gasteiger partial charge >= 0.3 is 12.0 Å². The molecular formula is C15H22N2O3S. The number of hydrogen-bond donors (Lipinski definition) is 2. The van der Waals surface area contributed by atoms with Gasteiger partial charge in [0.25, 0.3) is 0 Å². The minimum Gasteiger partial charge on any atom is -0.481 e. The van der Waals surface area contributed by atoms with Crippen molar-refractivity contribution in [2.75, 3.05) is 19.3 Å². The first-order chi connectivity index (χ1) is 9.93. The summed E-state index contributed by atoms with van der Waals surface area (Å²) < 4.78 is 0. The highest BCUT2D eigenvalue weighted by Crippen LogP contribution is 2.18. The van der Waals surface area contributed by atoms with Gasteiger partial charge in [-0.05, 0) is 23.4 Å². The summed E-state index contributed by atoms with van der Waals surface area (Å²) in [6.07, 6.45) is 0. The van der Waals surface area contributed by atoms with E-state index in [0.29, 0.717) is 6.54 Å². The number of carboxylic acid groups (broad SMARTS) is 1. The highest BCUT2D eigenvalue weighted by molar-refractivity contribution is 7.99. The van der Waals surface area contributed by atoms with Gasteiger partial charge in [0.2, 0.25) is 0 Å². The van der Waals surface area contributed by atoms with Crippen molar-refractivity contribution in [2.45, 2.75) is 25.3 Å². The normalized spacial score (nSPS) is 11.8. The number of aliphatic carboxylic acids is 1. The molecule has 0 fully saturated rings. The Hall–Kier alpha value is -1.69. The molecule has 2 amide bonds. The number of thioether (sulfide) groups is 1. The highest BCUT2D eigenvalue weighted by Gasteiger charge is 2.16.